The molecule has 0 aliphatic rings. The number of hydrogen-bond donors (Lipinski definition) is 1. The Morgan fingerprint density at radius 3 is 2.62 bits per heavy atom. The molecule has 0 fully saturated rings. The van der Waals surface area contributed by atoms with Crippen molar-refractivity contribution in [3.63, 3.8) is 0 Å². The van der Waals surface area contributed by atoms with Crippen molar-refractivity contribution in [2.75, 3.05) is 0 Å². The van der Waals surface area contributed by atoms with Gasteiger partial charge in [-0.2, -0.15) is 5.26 Å². The fraction of sp³-hybridized carbons (Fsp3) is 0. The molecule has 1 N–H and O–H groups in total. The second kappa shape index (κ2) is 6.58. The van der Waals surface area contributed by atoms with Crippen LogP contribution in [-0.2, 0) is 0 Å². The van der Waals surface area contributed by atoms with Gasteiger partial charge < -0.3 is 9.52 Å². The van der Waals surface area contributed by atoms with Crippen LogP contribution in [0, 0.1) is 11.3 Å². The number of pyridine rings is 1. The van der Waals surface area contributed by atoms with Crippen molar-refractivity contribution in [1.29, 1.82) is 5.26 Å². The summed E-state index contributed by atoms with van der Waals surface area (Å²) in [7, 11) is 0. The number of carboxylic acid groups (broad SMARTS) is 1. The fourth-order valence-electron chi connectivity index (χ4n) is 2.06. The molecule has 2 aromatic heterocycles. The van der Waals surface area contributed by atoms with E-state index >= 15 is 0 Å². The van der Waals surface area contributed by atoms with E-state index in [1.54, 1.807) is 6.08 Å². The minimum absolute atomic E-state index is 0.126. The molecule has 0 unspecified atom stereocenters. The van der Waals surface area contributed by atoms with Crippen LogP contribution in [0.2, 0.25) is 0 Å². The summed E-state index contributed by atoms with van der Waals surface area (Å²) in [6.45, 7) is 0. The number of nitriles is 1. The second-order valence-corrected chi connectivity index (χ2v) is 4.82. The average Bonchev–Trinajstić information content (AvgIpc) is 3.09. The van der Waals surface area contributed by atoms with Gasteiger partial charge in [-0.15, -0.1) is 0 Å². The first-order chi connectivity index (χ1) is 11.7. The Hall–Kier alpha value is -3.72. The Bertz CT molecular complexity index is 953. The first kappa shape index (κ1) is 15.2. The standard InChI is InChI=1S/C18H11N3O3/c19-10-13-6-8-16(18(22)23)21-15(13)9-7-14-11-24-17(20-14)12-4-2-1-3-5-12/h1-9,11H,(H,22,23)/b9-7+. The van der Waals surface area contributed by atoms with Gasteiger partial charge in [0.1, 0.15) is 23.7 Å². The predicted molar refractivity (Wildman–Crippen MR) is 86.8 cm³/mol. The number of rotatable bonds is 4. The van der Waals surface area contributed by atoms with Crippen LogP contribution < -0.4 is 0 Å². The molecule has 0 amide bonds. The fourth-order valence-corrected chi connectivity index (χ4v) is 2.06. The van der Waals surface area contributed by atoms with Crippen molar-refractivity contribution in [2.24, 2.45) is 0 Å². The summed E-state index contributed by atoms with van der Waals surface area (Å²) in [6.07, 6.45) is 4.63. The Morgan fingerprint density at radius 2 is 1.92 bits per heavy atom. The third-order valence-electron chi connectivity index (χ3n) is 3.22. The summed E-state index contributed by atoms with van der Waals surface area (Å²) in [5.41, 5.74) is 1.81. The van der Waals surface area contributed by atoms with Crippen LogP contribution >= 0.6 is 0 Å². The number of nitrogens with zero attached hydrogens (tertiary/aromatic N) is 3. The van der Waals surface area contributed by atoms with Gasteiger partial charge in [0.05, 0.1) is 11.3 Å². The van der Waals surface area contributed by atoms with Crippen molar-refractivity contribution in [2.45, 2.75) is 0 Å². The summed E-state index contributed by atoms with van der Waals surface area (Å²) in [4.78, 5) is 19.3. The zero-order chi connectivity index (χ0) is 16.9. The van der Waals surface area contributed by atoms with E-state index in [0.717, 1.165) is 5.56 Å². The highest BCUT2D eigenvalue weighted by atomic mass is 16.4. The molecule has 24 heavy (non-hydrogen) atoms. The third-order valence-corrected chi connectivity index (χ3v) is 3.22. The minimum atomic E-state index is -1.15. The lowest BCUT2D eigenvalue weighted by Gasteiger charge is -1.98. The molecule has 0 atom stereocenters. The van der Waals surface area contributed by atoms with Crippen LogP contribution in [0.25, 0.3) is 23.6 Å². The van der Waals surface area contributed by atoms with Crippen LogP contribution in [-0.4, -0.2) is 21.0 Å². The van der Waals surface area contributed by atoms with Crippen molar-refractivity contribution < 1.29 is 14.3 Å². The van der Waals surface area contributed by atoms with Crippen LogP contribution in [0.1, 0.15) is 27.4 Å². The molecule has 6 heteroatoms. The molecule has 0 spiro atoms. The first-order valence-electron chi connectivity index (χ1n) is 7.01. The Labute approximate surface area is 137 Å². The molecule has 0 saturated carbocycles. The van der Waals surface area contributed by atoms with E-state index in [1.807, 2.05) is 36.4 Å². The van der Waals surface area contributed by atoms with Gasteiger partial charge in [-0.05, 0) is 36.4 Å². The van der Waals surface area contributed by atoms with E-state index in [-0.39, 0.29) is 17.0 Å². The maximum Gasteiger partial charge on any atom is 0.354 e. The number of oxazole rings is 1. The van der Waals surface area contributed by atoms with Gasteiger partial charge in [0, 0.05) is 5.56 Å². The molecule has 0 aliphatic heterocycles. The van der Waals surface area contributed by atoms with Crippen LogP contribution in [0.3, 0.4) is 0 Å². The van der Waals surface area contributed by atoms with Crippen LogP contribution in [0.4, 0.5) is 0 Å². The van der Waals surface area contributed by atoms with Crippen molar-refractivity contribution >= 4 is 18.1 Å². The molecular weight excluding hydrogens is 306 g/mol. The number of carbonyl (C=O) groups is 1. The molecule has 116 valence electrons. The number of carboxylic acids is 1. The highest BCUT2D eigenvalue weighted by Gasteiger charge is 2.09. The van der Waals surface area contributed by atoms with Gasteiger partial charge in [-0.25, -0.2) is 14.8 Å². The highest BCUT2D eigenvalue weighted by Crippen LogP contribution is 2.19. The smallest absolute Gasteiger partial charge is 0.354 e. The largest absolute Gasteiger partial charge is 0.477 e. The molecule has 3 rings (SSSR count). The normalized spacial score (nSPS) is 10.6. The van der Waals surface area contributed by atoms with E-state index in [9.17, 15) is 4.79 Å². The van der Waals surface area contributed by atoms with E-state index in [2.05, 4.69) is 9.97 Å². The molecule has 0 saturated heterocycles. The molecule has 0 bridgehead atoms. The van der Waals surface area contributed by atoms with E-state index < -0.39 is 5.97 Å². The molecule has 0 aliphatic carbocycles. The second-order valence-electron chi connectivity index (χ2n) is 4.82. The Morgan fingerprint density at radius 1 is 1.12 bits per heavy atom. The maximum atomic E-state index is 11.0. The summed E-state index contributed by atoms with van der Waals surface area (Å²) in [5.74, 6) is -0.676. The molecule has 6 nitrogen and oxygen atoms in total. The van der Waals surface area contributed by atoms with Gasteiger partial charge in [-0.1, -0.05) is 18.2 Å². The average molecular weight is 317 g/mol. The van der Waals surface area contributed by atoms with E-state index in [0.29, 0.717) is 11.6 Å². The quantitative estimate of drug-likeness (QED) is 0.790. The summed E-state index contributed by atoms with van der Waals surface area (Å²) >= 11 is 0. The van der Waals surface area contributed by atoms with Crippen molar-refractivity contribution in [1.82, 2.24) is 9.97 Å². The van der Waals surface area contributed by atoms with Gasteiger partial charge in [-0.3, -0.25) is 0 Å². The minimum Gasteiger partial charge on any atom is -0.477 e. The van der Waals surface area contributed by atoms with Gasteiger partial charge in [0.2, 0.25) is 5.89 Å². The lowest BCUT2D eigenvalue weighted by Crippen LogP contribution is -2.02. The number of hydrogen-bond acceptors (Lipinski definition) is 5. The molecule has 3 aromatic rings. The topological polar surface area (TPSA) is 100 Å². The molecule has 1 aromatic carbocycles. The SMILES string of the molecule is N#Cc1ccc(C(=O)O)nc1/C=C/c1coc(-c2ccccc2)n1. The summed E-state index contributed by atoms with van der Waals surface area (Å²) in [6, 6.07) is 14.1. The van der Waals surface area contributed by atoms with Crippen molar-refractivity contribution in [3.8, 4) is 17.5 Å². The van der Waals surface area contributed by atoms with Gasteiger partial charge in [0.25, 0.3) is 0 Å². The van der Waals surface area contributed by atoms with Crippen LogP contribution in [0.5, 0.6) is 0 Å². The zero-order valence-electron chi connectivity index (χ0n) is 12.4. The van der Waals surface area contributed by atoms with Crippen LogP contribution in [0.15, 0.2) is 53.1 Å². The number of aromatic carboxylic acids is 1. The monoisotopic (exact) mass is 317 g/mol. The van der Waals surface area contributed by atoms with Gasteiger partial charge >= 0.3 is 5.97 Å². The van der Waals surface area contributed by atoms with Crippen molar-refractivity contribution in [3.05, 3.63) is 71.4 Å². The molecule has 0 radical (unpaired) electrons. The van der Waals surface area contributed by atoms with E-state index in [1.165, 1.54) is 24.5 Å². The van der Waals surface area contributed by atoms with E-state index in [4.69, 9.17) is 14.8 Å². The third kappa shape index (κ3) is 3.20. The number of benzene rings is 1. The highest BCUT2D eigenvalue weighted by molar-refractivity contribution is 5.86. The zero-order valence-corrected chi connectivity index (χ0v) is 12.4. The maximum absolute atomic E-state index is 11.0. The molecule has 2 heterocycles. The summed E-state index contributed by atoms with van der Waals surface area (Å²) in [5, 5.41) is 18.1. The Kier molecular flexibility index (Phi) is 4.17. The molecular formula is C18H11N3O3. The van der Waals surface area contributed by atoms with Gasteiger partial charge in [0.15, 0.2) is 0 Å². The lowest BCUT2D eigenvalue weighted by molar-refractivity contribution is 0.0690. The predicted octanol–water partition coefficient (Wildman–Crippen LogP) is 3.48. The lowest BCUT2D eigenvalue weighted by atomic mass is 10.1. The number of aromatic nitrogens is 2. The Balaban J connectivity index is 1.89. The first-order valence-corrected chi connectivity index (χ1v) is 7.01. The summed E-state index contributed by atoms with van der Waals surface area (Å²) < 4.78 is 5.42.